The molecule has 0 N–H and O–H groups in total. The van der Waals surface area contributed by atoms with Crippen molar-refractivity contribution >= 4 is 5.91 Å². The van der Waals surface area contributed by atoms with Crippen LogP contribution in [0.25, 0.3) is 0 Å². The first-order chi connectivity index (χ1) is 4.79. The third-order valence-corrected chi connectivity index (χ3v) is 1.69. The van der Waals surface area contributed by atoms with Crippen LogP contribution in [0.5, 0.6) is 0 Å². The van der Waals surface area contributed by atoms with E-state index in [9.17, 15) is 4.79 Å². The molecule has 1 saturated heterocycles. The van der Waals surface area contributed by atoms with Gasteiger partial charge in [-0.25, -0.2) is 0 Å². The highest BCUT2D eigenvalue weighted by molar-refractivity contribution is 5.82. The summed E-state index contributed by atoms with van der Waals surface area (Å²) in [4.78, 5) is 13.0. The summed E-state index contributed by atoms with van der Waals surface area (Å²) in [7, 11) is 1.58. The van der Waals surface area contributed by atoms with Gasteiger partial charge in [0.25, 0.3) is 5.91 Å². The molecule has 3 nitrogen and oxygen atoms in total. The molecule has 1 aliphatic heterocycles. The van der Waals surface area contributed by atoms with Crippen molar-refractivity contribution in [1.82, 2.24) is 4.90 Å². The number of hydrogen-bond donors (Lipinski definition) is 0. The monoisotopic (exact) mass is 143 g/mol. The molecule has 0 radical (unpaired) electrons. The van der Waals surface area contributed by atoms with Gasteiger partial charge in [-0.2, -0.15) is 0 Å². The fourth-order valence-electron chi connectivity index (χ4n) is 0.916. The van der Waals surface area contributed by atoms with Gasteiger partial charge in [0.15, 0.2) is 0 Å². The van der Waals surface area contributed by atoms with Gasteiger partial charge in [-0.05, 0) is 6.42 Å². The molecule has 1 rings (SSSR count). The van der Waals surface area contributed by atoms with Crippen molar-refractivity contribution in [2.24, 2.45) is 0 Å². The van der Waals surface area contributed by atoms with E-state index in [0.29, 0.717) is 0 Å². The maximum Gasteiger partial charge on any atom is 0.251 e. The third-order valence-electron chi connectivity index (χ3n) is 1.69. The van der Waals surface area contributed by atoms with Crippen LogP contribution in [-0.2, 0) is 9.53 Å². The van der Waals surface area contributed by atoms with Crippen molar-refractivity contribution < 1.29 is 9.53 Å². The topological polar surface area (TPSA) is 29.3 Å². The number of methoxy groups -OCH3 is 1. The molecule has 0 spiro atoms. The summed E-state index contributed by atoms with van der Waals surface area (Å²) in [5.74, 6) is 0.144. The number of nitrogens with zero attached hydrogens (tertiary/aromatic N) is 1. The van der Waals surface area contributed by atoms with E-state index < -0.39 is 0 Å². The van der Waals surface area contributed by atoms with E-state index in [1.54, 1.807) is 12.0 Å². The Kier molecular flexibility index (Phi) is 2.27. The summed E-state index contributed by atoms with van der Waals surface area (Å²) < 4.78 is 4.97. The van der Waals surface area contributed by atoms with Gasteiger partial charge >= 0.3 is 0 Å². The highest BCUT2D eigenvalue weighted by atomic mass is 16.5. The first kappa shape index (κ1) is 7.54. The molecule has 58 valence electrons. The lowest BCUT2D eigenvalue weighted by atomic mass is 10.2. The molecular formula is C7H13NO2. The minimum atomic E-state index is -0.206. The molecule has 0 bridgehead atoms. The summed E-state index contributed by atoms with van der Waals surface area (Å²) in [6.45, 7) is 3.78. The lowest BCUT2D eigenvalue weighted by Gasteiger charge is -2.11. The lowest BCUT2D eigenvalue weighted by molar-refractivity contribution is -0.136. The van der Waals surface area contributed by atoms with E-state index in [0.717, 1.165) is 19.5 Å². The first-order valence-electron chi connectivity index (χ1n) is 3.61. The summed E-state index contributed by atoms with van der Waals surface area (Å²) in [6, 6.07) is 0. The second-order valence-corrected chi connectivity index (χ2v) is 2.46. The number of carbonyl (C=O) groups excluding carboxylic acids is 1. The molecule has 1 aliphatic rings. The number of hydrogen-bond acceptors (Lipinski definition) is 2. The van der Waals surface area contributed by atoms with Crippen LogP contribution >= 0.6 is 0 Å². The van der Waals surface area contributed by atoms with Gasteiger partial charge in [-0.15, -0.1) is 0 Å². The zero-order valence-electron chi connectivity index (χ0n) is 6.46. The molecule has 0 aromatic heterocycles. The van der Waals surface area contributed by atoms with Crippen LogP contribution in [-0.4, -0.2) is 37.1 Å². The van der Waals surface area contributed by atoms with Crippen molar-refractivity contribution in [2.75, 3.05) is 20.2 Å². The summed E-state index contributed by atoms with van der Waals surface area (Å²) >= 11 is 0. The van der Waals surface area contributed by atoms with E-state index in [4.69, 9.17) is 4.74 Å². The molecule has 1 unspecified atom stereocenters. The average Bonchev–Trinajstić information content (AvgIpc) is 2.71. The standard InChI is InChI=1S/C7H13NO2/c1-3-6(10-2)7(9)8-4-5-8/h6H,3-5H2,1-2H3. The zero-order chi connectivity index (χ0) is 7.56. The van der Waals surface area contributed by atoms with Crippen molar-refractivity contribution in [1.29, 1.82) is 0 Å². The van der Waals surface area contributed by atoms with Crippen LogP contribution in [0.3, 0.4) is 0 Å². The predicted molar refractivity (Wildman–Crippen MR) is 37.7 cm³/mol. The fraction of sp³-hybridized carbons (Fsp3) is 0.857. The predicted octanol–water partition coefficient (Wildman–Crippen LogP) is 0.254. The maximum absolute atomic E-state index is 11.2. The minimum absolute atomic E-state index is 0.144. The van der Waals surface area contributed by atoms with Crippen molar-refractivity contribution in [3.05, 3.63) is 0 Å². The second kappa shape index (κ2) is 3.01. The molecule has 0 aromatic rings. The van der Waals surface area contributed by atoms with Crippen molar-refractivity contribution in [3.8, 4) is 0 Å². The van der Waals surface area contributed by atoms with Gasteiger partial charge in [-0.3, -0.25) is 4.79 Å². The van der Waals surface area contributed by atoms with Crippen LogP contribution < -0.4 is 0 Å². The quantitative estimate of drug-likeness (QED) is 0.530. The summed E-state index contributed by atoms with van der Waals surface area (Å²) in [5, 5.41) is 0. The van der Waals surface area contributed by atoms with E-state index in [-0.39, 0.29) is 12.0 Å². The van der Waals surface area contributed by atoms with E-state index in [2.05, 4.69) is 0 Å². The van der Waals surface area contributed by atoms with Crippen LogP contribution in [0, 0.1) is 0 Å². The van der Waals surface area contributed by atoms with Gasteiger partial charge in [0.05, 0.1) is 0 Å². The van der Waals surface area contributed by atoms with E-state index in [1.165, 1.54) is 0 Å². The van der Waals surface area contributed by atoms with Gasteiger partial charge in [0.1, 0.15) is 6.10 Å². The number of rotatable bonds is 3. The number of carbonyl (C=O) groups is 1. The lowest BCUT2D eigenvalue weighted by Crippen LogP contribution is -2.28. The minimum Gasteiger partial charge on any atom is -0.372 e. The molecule has 1 heterocycles. The molecular weight excluding hydrogens is 130 g/mol. The van der Waals surface area contributed by atoms with Gasteiger partial charge in [0, 0.05) is 20.2 Å². The Morgan fingerprint density at radius 1 is 1.70 bits per heavy atom. The summed E-state index contributed by atoms with van der Waals surface area (Å²) in [6.07, 6.45) is 0.564. The highest BCUT2D eigenvalue weighted by Gasteiger charge is 2.29. The third kappa shape index (κ3) is 1.48. The molecule has 0 aromatic carbocycles. The number of ether oxygens (including phenoxy) is 1. The van der Waals surface area contributed by atoms with Crippen molar-refractivity contribution in [2.45, 2.75) is 19.4 Å². The molecule has 0 saturated carbocycles. The largest absolute Gasteiger partial charge is 0.372 e. The summed E-state index contributed by atoms with van der Waals surface area (Å²) in [5.41, 5.74) is 0. The fourth-order valence-corrected chi connectivity index (χ4v) is 0.916. The van der Waals surface area contributed by atoms with Gasteiger partial charge in [-0.1, -0.05) is 6.92 Å². The van der Waals surface area contributed by atoms with Crippen LogP contribution in [0.2, 0.25) is 0 Å². The first-order valence-corrected chi connectivity index (χ1v) is 3.61. The Hall–Kier alpha value is -0.570. The van der Waals surface area contributed by atoms with Crippen LogP contribution in [0.15, 0.2) is 0 Å². The van der Waals surface area contributed by atoms with E-state index in [1.807, 2.05) is 6.92 Å². The normalized spacial score (nSPS) is 18.8. The Balaban J connectivity index is 2.35. The molecule has 1 fully saturated rings. The average molecular weight is 143 g/mol. The number of amides is 1. The Labute approximate surface area is 61.0 Å². The Morgan fingerprint density at radius 2 is 2.30 bits per heavy atom. The molecule has 10 heavy (non-hydrogen) atoms. The zero-order valence-corrected chi connectivity index (χ0v) is 6.46. The maximum atomic E-state index is 11.2. The van der Waals surface area contributed by atoms with E-state index >= 15 is 0 Å². The molecule has 1 atom stereocenters. The van der Waals surface area contributed by atoms with Crippen molar-refractivity contribution in [3.63, 3.8) is 0 Å². The smallest absolute Gasteiger partial charge is 0.251 e. The van der Waals surface area contributed by atoms with Crippen LogP contribution in [0.4, 0.5) is 0 Å². The van der Waals surface area contributed by atoms with Gasteiger partial charge < -0.3 is 9.64 Å². The van der Waals surface area contributed by atoms with Gasteiger partial charge in [0.2, 0.25) is 0 Å². The molecule has 1 amide bonds. The van der Waals surface area contributed by atoms with Crippen LogP contribution in [0.1, 0.15) is 13.3 Å². The highest BCUT2D eigenvalue weighted by Crippen LogP contribution is 2.09. The molecule has 0 aliphatic carbocycles. The second-order valence-electron chi connectivity index (χ2n) is 2.46. The SMILES string of the molecule is CCC(OC)C(=O)N1CC1. The molecule has 3 heteroatoms. The Morgan fingerprint density at radius 3 is 2.60 bits per heavy atom. The Bertz CT molecular complexity index is 128.